The maximum Gasteiger partial charge on any atom is 0.274 e. The first-order valence-corrected chi connectivity index (χ1v) is 6.99. The molecule has 1 aromatic heterocycles. The quantitative estimate of drug-likeness (QED) is 0.651. The Labute approximate surface area is 111 Å². The second kappa shape index (κ2) is 4.85. The number of rotatable bonds is 3. The van der Waals surface area contributed by atoms with Gasteiger partial charge in [-0.15, -0.1) is 0 Å². The van der Waals surface area contributed by atoms with Crippen LogP contribution in [0.15, 0.2) is 0 Å². The number of nitrogens with zero attached hydrogens (tertiary/aromatic N) is 1. The van der Waals surface area contributed by atoms with Gasteiger partial charge in [0.05, 0.1) is 23.5 Å². The number of aliphatic hydroxyl groups is 1. The van der Waals surface area contributed by atoms with E-state index in [2.05, 4.69) is 15.5 Å². The Balaban J connectivity index is 1.69. The van der Waals surface area contributed by atoms with E-state index in [1.165, 1.54) is 0 Å². The van der Waals surface area contributed by atoms with Gasteiger partial charge in [0, 0.05) is 5.92 Å². The lowest BCUT2D eigenvalue weighted by molar-refractivity contribution is 0.0714. The van der Waals surface area contributed by atoms with Gasteiger partial charge in [0.15, 0.2) is 5.69 Å². The first-order valence-electron chi connectivity index (χ1n) is 6.99. The maximum atomic E-state index is 12.2. The number of aliphatic hydroxyl groups excluding tert-OH is 1. The fraction of sp³-hybridized carbons (Fsp3) is 0.692. The van der Waals surface area contributed by atoms with Crippen molar-refractivity contribution in [3.8, 4) is 0 Å². The number of carbonyl (C=O) groups is 1. The van der Waals surface area contributed by atoms with Crippen LogP contribution in [0.1, 0.15) is 60.6 Å². The highest BCUT2D eigenvalue weighted by Crippen LogP contribution is 2.42. The minimum atomic E-state index is -0.458. The Morgan fingerprint density at radius 1 is 1.32 bits per heavy atom. The minimum absolute atomic E-state index is 0.179. The zero-order valence-corrected chi connectivity index (χ0v) is 10.9. The molecule has 0 aliphatic heterocycles. The van der Waals surface area contributed by atoms with Crippen LogP contribution in [0, 0.1) is 0 Å². The van der Waals surface area contributed by atoms with E-state index in [0.29, 0.717) is 11.6 Å². The number of hydrogen-bond donors (Lipinski definition) is 4. The van der Waals surface area contributed by atoms with Crippen LogP contribution in [-0.4, -0.2) is 33.4 Å². The van der Waals surface area contributed by atoms with E-state index >= 15 is 0 Å². The standard InChI is InChI=1S/C13H20N4O2/c14-10-11(7-5-6-7)16-17-12(10)13(19)15-8-3-1-2-4-9(8)18/h7-9,18H,1-6,14H2,(H,15,19)(H,16,17)/t8-,9-/m0/s1. The van der Waals surface area contributed by atoms with Crippen molar-refractivity contribution in [3.63, 3.8) is 0 Å². The van der Waals surface area contributed by atoms with Crippen LogP contribution < -0.4 is 11.1 Å². The fourth-order valence-electron chi connectivity index (χ4n) is 2.74. The summed E-state index contributed by atoms with van der Waals surface area (Å²) in [7, 11) is 0. The topological polar surface area (TPSA) is 104 Å². The van der Waals surface area contributed by atoms with Gasteiger partial charge in [-0.25, -0.2) is 0 Å². The molecule has 0 spiro atoms. The predicted molar refractivity (Wildman–Crippen MR) is 70.7 cm³/mol. The summed E-state index contributed by atoms with van der Waals surface area (Å²) >= 11 is 0. The second-order valence-corrected chi connectivity index (χ2v) is 5.61. The molecule has 2 atom stereocenters. The third-order valence-electron chi connectivity index (χ3n) is 4.08. The number of H-pyrrole nitrogens is 1. The van der Waals surface area contributed by atoms with Crippen LogP contribution in [0.5, 0.6) is 0 Å². The molecule has 0 aromatic carbocycles. The highest BCUT2D eigenvalue weighted by molar-refractivity contribution is 5.98. The molecule has 0 saturated heterocycles. The average molecular weight is 264 g/mol. The van der Waals surface area contributed by atoms with Gasteiger partial charge in [-0.1, -0.05) is 12.8 Å². The Hall–Kier alpha value is -1.56. The van der Waals surface area contributed by atoms with Gasteiger partial charge in [0.25, 0.3) is 5.91 Å². The van der Waals surface area contributed by atoms with Crippen molar-refractivity contribution >= 4 is 11.6 Å². The molecule has 5 N–H and O–H groups in total. The van der Waals surface area contributed by atoms with Crippen molar-refractivity contribution in [2.75, 3.05) is 5.73 Å². The Morgan fingerprint density at radius 3 is 2.74 bits per heavy atom. The molecule has 1 heterocycles. The number of carbonyl (C=O) groups excluding carboxylic acids is 1. The molecule has 2 saturated carbocycles. The van der Waals surface area contributed by atoms with E-state index in [1.807, 2.05) is 0 Å². The number of nitrogens with one attached hydrogen (secondary N) is 2. The summed E-state index contributed by atoms with van der Waals surface area (Å²) in [5, 5.41) is 19.6. The van der Waals surface area contributed by atoms with Gasteiger partial charge in [-0.05, 0) is 25.7 Å². The Bertz CT molecular complexity index is 481. The molecule has 19 heavy (non-hydrogen) atoms. The SMILES string of the molecule is Nc1c(C(=O)N[C@H]2CCCC[C@@H]2O)n[nH]c1C1CC1. The molecule has 2 fully saturated rings. The number of anilines is 1. The smallest absolute Gasteiger partial charge is 0.274 e. The Morgan fingerprint density at radius 2 is 2.05 bits per heavy atom. The number of hydrogen-bond acceptors (Lipinski definition) is 4. The molecular weight excluding hydrogens is 244 g/mol. The molecule has 3 rings (SSSR count). The summed E-state index contributed by atoms with van der Waals surface area (Å²) in [6.07, 6.45) is 5.36. The number of aromatic amines is 1. The third-order valence-corrected chi connectivity index (χ3v) is 4.08. The first kappa shape index (κ1) is 12.5. The second-order valence-electron chi connectivity index (χ2n) is 5.61. The average Bonchev–Trinajstić information content (AvgIpc) is 3.15. The van der Waals surface area contributed by atoms with Crippen LogP contribution >= 0.6 is 0 Å². The first-order chi connectivity index (χ1) is 9.16. The van der Waals surface area contributed by atoms with Gasteiger partial charge in [0.1, 0.15) is 0 Å². The van der Waals surface area contributed by atoms with Crippen molar-refractivity contribution in [2.45, 2.75) is 56.6 Å². The molecule has 2 aliphatic carbocycles. The number of amides is 1. The summed E-state index contributed by atoms with van der Waals surface area (Å²) in [6, 6.07) is -0.179. The molecular formula is C13H20N4O2. The minimum Gasteiger partial charge on any atom is -0.395 e. The largest absolute Gasteiger partial charge is 0.395 e. The van der Waals surface area contributed by atoms with Gasteiger partial charge < -0.3 is 16.2 Å². The summed E-state index contributed by atoms with van der Waals surface area (Å²) < 4.78 is 0. The third kappa shape index (κ3) is 2.45. The van der Waals surface area contributed by atoms with Crippen LogP contribution in [0.4, 0.5) is 5.69 Å². The van der Waals surface area contributed by atoms with E-state index in [4.69, 9.17) is 5.73 Å². The molecule has 1 aromatic rings. The summed E-state index contributed by atoms with van der Waals surface area (Å²) in [5.41, 5.74) is 7.58. The lowest BCUT2D eigenvalue weighted by atomic mass is 9.92. The van der Waals surface area contributed by atoms with Gasteiger partial charge in [0.2, 0.25) is 0 Å². The summed E-state index contributed by atoms with van der Waals surface area (Å²) in [5.74, 6) is 0.154. The monoisotopic (exact) mass is 264 g/mol. The van der Waals surface area contributed by atoms with E-state index in [1.54, 1.807) is 0 Å². The van der Waals surface area contributed by atoms with Crippen LogP contribution in [-0.2, 0) is 0 Å². The van der Waals surface area contributed by atoms with E-state index in [9.17, 15) is 9.90 Å². The van der Waals surface area contributed by atoms with E-state index < -0.39 is 6.10 Å². The lowest BCUT2D eigenvalue weighted by Gasteiger charge is -2.28. The molecule has 6 nitrogen and oxygen atoms in total. The van der Waals surface area contributed by atoms with Crippen molar-refractivity contribution in [2.24, 2.45) is 0 Å². The van der Waals surface area contributed by atoms with Crippen LogP contribution in [0.3, 0.4) is 0 Å². The number of nitrogens with two attached hydrogens (primary N) is 1. The fourth-order valence-corrected chi connectivity index (χ4v) is 2.74. The zero-order valence-electron chi connectivity index (χ0n) is 10.9. The van der Waals surface area contributed by atoms with Gasteiger partial charge in [-0.3, -0.25) is 9.89 Å². The van der Waals surface area contributed by atoms with Gasteiger partial charge in [-0.2, -0.15) is 5.10 Å². The molecule has 1 amide bonds. The lowest BCUT2D eigenvalue weighted by Crippen LogP contribution is -2.45. The molecule has 6 heteroatoms. The van der Waals surface area contributed by atoms with Crippen molar-refractivity contribution in [3.05, 3.63) is 11.4 Å². The van der Waals surface area contributed by atoms with Crippen LogP contribution in [0.25, 0.3) is 0 Å². The van der Waals surface area contributed by atoms with Gasteiger partial charge >= 0.3 is 0 Å². The van der Waals surface area contributed by atoms with Crippen molar-refractivity contribution in [1.29, 1.82) is 0 Å². The summed E-state index contributed by atoms with van der Waals surface area (Å²) in [4.78, 5) is 12.2. The molecule has 104 valence electrons. The number of aromatic nitrogens is 2. The van der Waals surface area contributed by atoms with Crippen LogP contribution in [0.2, 0.25) is 0 Å². The molecule has 0 radical (unpaired) electrons. The predicted octanol–water partition coefficient (Wildman–Crippen LogP) is 0.903. The highest BCUT2D eigenvalue weighted by Gasteiger charge is 2.31. The maximum absolute atomic E-state index is 12.2. The van der Waals surface area contributed by atoms with E-state index in [-0.39, 0.29) is 17.6 Å². The molecule has 0 bridgehead atoms. The van der Waals surface area contributed by atoms with E-state index in [0.717, 1.165) is 44.2 Å². The Kier molecular flexibility index (Phi) is 3.18. The molecule has 0 unspecified atom stereocenters. The number of nitrogen functional groups attached to an aromatic ring is 1. The normalized spacial score (nSPS) is 27.2. The van der Waals surface area contributed by atoms with Crippen molar-refractivity contribution < 1.29 is 9.90 Å². The molecule has 2 aliphatic rings. The highest BCUT2D eigenvalue weighted by atomic mass is 16.3. The van der Waals surface area contributed by atoms with Crippen molar-refractivity contribution in [1.82, 2.24) is 15.5 Å². The summed E-state index contributed by atoms with van der Waals surface area (Å²) in [6.45, 7) is 0. The zero-order chi connectivity index (χ0) is 13.4.